The molecule has 4 saturated heterocycles. The Balaban J connectivity index is 1.19. The number of ether oxygens (including phenoxy) is 3. The van der Waals surface area contributed by atoms with Crippen molar-refractivity contribution in [3.05, 3.63) is 27.2 Å². The minimum atomic E-state index is -0.909. The molecule has 2 N–H and O–H groups in total. The summed E-state index contributed by atoms with van der Waals surface area (Å²) in [6.45, 7) is 6.08. The van der Waals surface area contributed by atoms with E-state index < -0.39 is 35.8 Å². The van der Waals surface area contributed by atoms with Crippen molar-refractivity contribution in [3.8, 4) is 0 Å². The number of hydrazine groups is 1. The molecule has 0 unspecified atom stereocenters. The number of hydrogen-bond donors (Lipinski definition) is 2. The smallest absolute Gasteiger partial charge is 0.308 e. The van der Waals surface area contributed by atoms with E-state index >= 15 is 0 Å². The molecular formula is C25H31Cl3N2O7. The summed E-state index contributed by atoms with van der Waals surface area (Å²) in [7, 11) is 0. The lowest BCUT2D eigenvalue weighted by atomic mass is 9.58. The Morgan fingerprint density at radius 1 is 1.05 bits per heavy atom. The van der Waals surface area contributed by atoms with Crippen LogP contribution in [0.15, 0.2) is 12.1 Å². The normalized spacial score (nSPS) is 38.3. The van der Waals surface area contributed by atoms with Crippen molar-refractivity contribution in [1.82, 2.24) is 5.43 Å². The summed E-state index contributed by atoms with van der Waals surface area (Å²) in [5.74, 6) is -1.35. The van der Waals surface area contributed by atoms with E-state index in [-0.39, 0.29) is 40.6 Å². The first-order valence-electron chi connectivity index (χ1n) is 12.6. The molecule has 1 aromatic carbocycles. The number of nitrogens with one attached hydrogen (secondary N) is 2. The lowest BCUT2D eigenvalue weighted by Crippen LogP contribution is -2.70. The number of fused-ring (bicyclic) bond motifs is 2. The number of carbonyl (C=O) groups excluding carboxylic acids is 2. The molecule has 1 aliphatic carbocycles. The Bertz CT molecular complexity index is 1050. The Kier molecular flexibility index (Phi) is 7.61. The third-order valence-corrected chi connectivity index (χ3v) is 9.05. The fraction of sp³-hybridized carbons (Fsp3) is 0.680. The van der Waals surface area contributed by atoms with E-state index in [0.29, 0.717) is 23.0 Å². The van der Waals surface area contributed by atoms with Gasteiger partial charge < -0.3 is 14.2 Å². The largest absolute Gasteiger partial charge is 0.435 e. The van der Waals surface area contributed by atoms with Crippen LogP contribution in [0.4, 0.5) is 5.69 Å². The van der Waals surface area contributed by atoms with E-state index in [1.54, 1.807) is 0 Å². The molecule has 5 fully saturated rings. The van der Waals surface area contributed by atoms with Gasteiger partial charge in [0.2, 0.25) is 18.0 Å². The van der Waals surface area contributed by atoms with E-state index in [4.69, 9.17) is 58.8 Å². The van der Waals surface area contributed by atoms with Gasteiger partial charge in [0.25, 0.3) is 0 Å². The predicted molar refractivity (Wildman–Crippen MR) is 135 cm³/mol. The Hall–Kier alpha value is -1.33. The first-order valence-corrected chi connectivity index (χ1v) is 13.7. The van der Waals surface area contributed by atoms with E-state index in [1.807, 2.05) is 13.8 Å². The average molecular weight is 578 g/mol. The van der Waals surface area contributed by atoms with Crippen molar-refractivity contribution >= 4 is 52.4 Å². The number of amides is 1. The number of benzene rings is 1. The van der Waals surface area contributed by atoms with E-state index in [1.165, 1.54) is 12.1 Å². The molecule has 8 atom stereocenters. The molecule has 1 aromatic rings. The quantitative estimate of drug-likeness (QED) is 0.255. The first-order chi connectivity index (χ1) is 17.5. The van der Waals surface area contributed by atoms with Crippen molar-refractivity contribution < 1.29 is 33.6 Å². The molecule has 204 valence electrons. The molecule has 4 aliphatic heterocycles. The van der Waals surface area contributed by atoms with Crippen molar-refractivity contribution in [3.63, 3.8) is 0 Å². The highest BCUT2D eigenvalue weighted by molar-refractivity contribution is 6.41. The van der Waals surface area contributed by atoms with Crippen LogP contribution in [0.3, 0.4) is 0 Å². The second-order valence-corrected chi connectivity index (χ2v) is 11.9. The zero-order valence-electron chi connectivity index (χ0n) is 20.9. The van der Waals surface area contributed by atoms with Crippen LogP contribution in [0.25, 0.3) is 0 Å². The number of esters is 1. The van der Waals surface area contributed by atoms with Crippen molar-refractivity contribution in [2.45, 2.75) is 83.3 Å². The maximum absolute atomic E-state index is 12.7. The second-order valence-electron chi connectivity index (χ2n) is 10.7. The van der Waals surface area contributed by atoms with Crippen molar-refractivity contribution in [2.24, 2.45) is 23.7 Å². The van der Waals surface area contributed by atoms with E-state index in [9.17, 15) is 9.59 Å². The standard InChI is InChI=1S/C25H31Cl3N2O7/c1-12-4-5-16-13(2)22(34-23-25(16)15(12)8-9-24(3,35-23)36-37-25)33-20(32)7-6-19(31)29-30-21-17(27)10-14(26)11-18(21)28/h10-13,15-16,22-23,30H,4-9H2,1-3H3,(H,29,31)/t12-,13-,15-,16-,22-,23-,24-,25-/m1/s1. The minimum absolute atomic E-state index is 0.0364. The first kappa shape index (κ1) is 27.2. The van der Waals surface area contributed by atoms with Gasteiger partial charge in [-0.25, -0.2) is 9.78 Å². The predicted octanol–water partition coefficient (Wildman–Crippen LogP) is 5.62. The highest BCUT2D eigenvalue weighted by Gasteiger charge is 2.69. The monoisotopic (exact) mass is 576 g/mol. The third kappa shape index (κ3) is 5.04. The van der Waals surface area contributed by atoms with Gasteiger partial charge in [-0.1, -0.05) is 48.7 Å². The van der Waals surface area contributed by atoms with Crippen LogP contribution in [0.5, 0.6) is 0 Å². The average Bonchev–Trinajstić information content (AvgIpc) is 3.06. The van der Waals surface area contributed by atoms with Gasteiger partial charge in [-0.05, 0) is 50.2 Å². The Morgan fingerprint density at radius 3 is 2.51 bits per heavy atom. The van der Waals surface area contributed by atoms with Crippen LogP contribution in [0.1, 0.15) is 59.3 Å². The third-order valence-electron chi connectivity index (χ3n) is 8.23. The highest BCUT2D eigenvalue weighted by Crippen LogP contribution is 2.60. The molecule has 6 rings (SSSR count). The van der Waals surface area contributed by atoms with Gasteiger partial charge >= 0.3 is 5.97 Å². The molecule has 2 bridgehead atoms. The molecule has 12 heteroatoms. The summed E-state index contributed by atoms with van der Waals surface area (Å²) >= 11 is 18.1. The minimum Gasteiger partial charge on any atom is -0.435 e. The zero-order chi connectivity index (χ0) is 26.5. The zero-order valence-corrected chi connectivity index (χ0v) is 23.1. The maximum Gasteiger partial charge on any atom is 0.308 e. The van der Waals surface area contributed by atoms with Gasteiger partial charge in [-0.3, -0.25) is 20.4 Å². The SMILES string of the molecule is C[C@H]1[C@H](OC(=O)CCC(=O)NNc2c(Cl)cc(Cl)cc2Cl)O[C@@H]2O[C@@]3(C)CC[C@@H]4[C@H](C)CC[C@H]1[C@@]24OO3. The molecule has 1 amide bonds. The molecule has 1 spiro atoms. The molecule has 0 radical (unpaired) electrons. The van der Waals surface area contributed by atoms with Gasteiger partial charge in [0.15, 0.2) is 11.9 Å². The highest BCUT2D eigenvalue weighted by atomic mass is 35.5. The summed E-state index contributed by atoms with van der Waals surface area (Å²) in [6.07, 6.45) is 1.77. The topological polar surface area (TPSA) is 104 Å². The number of hydrogen-bond acceptors (Lipinski definition) is 8. The fourth-order valence-electron chi connectivity index (χ4n) is 6.27. The number of rotatable bonds is 6. The molecule has 1 saturated carbocycles. The van der Waals surface area contributed by atoms with E-state index in [2.05, 4.69) is 17.8 Å². The Morgan fingerprint density at radius 2 is 1.78 bits per heavy atom. The van der Waals surface area contributed by atoms with Gasteiger partial charge in [0.1, 0.15) is 0 Å². The number of anilines is 1. The lowest BCUT2D eigenvalue weighted by molar-refractivity contribution is -0.576. The van der Waals surface area contributed by atoms with Crippen LogP contribution in [-0.2, 0) is 33.6 Å². The molecular weight excluding hydrogens is 547 g/mol. The van der Waals surface area contributed by atoms with Gasteiger partial charge in [0, 0.05) is 29.7 Å². The fourth-order valence-corrected chi connectivity index (χ4v) is 7.18. The Labute approximate surface area is 230 Å². The van der Waals surface area contributed by atoms with E-state index in [0.717, 1.165) is 19.3 Å². The maximum atomic E-state index is 12.7. The van der Waals surface area contributed by atoms with Crippen LogP contribution < -0.4 is 10.9 Å². The molecule has 9 nitrogen and oxygen atoms in total. The van der Waals surface area contributed by atoms with Crippen LogP contribution in [-0.4, -0.2) is 35.8 Å². The van der Waals surface area contributed by atoms with Gasteiger partial charge in [-0.2, -0.15) is 0 Å². The van der Waals surface area contributed by atoms with Gasteiger partial charge in [0.05, 0.1) is 22.2 Å². The second kappa shape index (κ2) is 10.3. The van der Waals surface area contributed by atoms with Crippen molar-refractivity contribution in [1.29, 1.82) is 0 Å². The van der Waals surface area contributed by atoms with Crippen LogP contribution in [0, 0.1) is 23.7 Å². The van der Waals surface area contributed by atoms with Gasteiger partial charge in [-0.15, -0.1) is 0 Å². The molecule has 4 heterocycles. The summed E-state index contributed by atoms with van der Waals surface area (Å²) in [5, 5.41) is 0.860. The van der Waals surface area contributed by atoms with Crippen LogP contribution >= 0.6 is 34.8 Å². The summed E-state index contributed by atoms with van der Waals surface area (Å²) in [5.41, 5.74) is 4.71. The number of halogens is 3. The summed E-state index contributed by atoms with van der Waals surface area (Å²) in [6, 6.07) is 2.99. The molecule has 0 aromatic heterocycles. The van der Waals surface area contributed by atoms with Crippen molar-refractivity contribution in [2.75, 3.05) is 5.43 Å². The molecule has 37 heavy (non-hydrogen) atoms. The molecule has 5 aliphatic rings. The summed E-state index contributed by atoms with van der Waals surface area (Å²) in [4.78, 5) is 36.9. The lowest BCUT2D eigenvalue weighted by Gasteiger charge is -2.59. The number of carbonyl (C=O) groups is 2. The van der Waals surface area contributed by atoms with Crippen LogP contribution in [0.2, 0.25) is 15.1 Å². The summed E-state index contributed by atoms with van der Waals surface area (Å²) < 4.78 is 18.2.